The van der Waals surface area contributed by atoms with E-state index in [1.807, 2.05) is 53.9 Å². The van der Waals surface area contributed by atoms with Crippen molar-refractivity contribution < 1.29 is 9.53 Å². The quantitative estimate of drug-likeness (QED) is 0.692. The maximum Gasteiger partial charge on any atom is 0.277 e. The summed E-state index contributed by atoms with van der Waals surface area (Å²) in [6, 6.07) is 7.33. The van der Waals surface area contributed by atoms with Crippen LogP contribution >= 0.6 is 12.4 Å². The van der Waals surface area contributed by atoms with Crippen LogP contribution in [0.5, 0.6) is 5.75 Å². The van der Waals surface area contributed by atoms with E-state index in [1.54, 1.807) is 18.0 Å². The van der Waals surface area contributed by atoms with Gasteiger partial charge < -0.3 is 19.5 Å². The molecule has 3 aromatic rings. The Balaban J connectivity index is 0.00000240. The molecule has 4 rings (SSSR count). The van der Waals surface area contributed by atoms with Crippen molar-refractivity contribution in [2.24, 2.45) is 7.05 Å². The number of methoxy groups -OCH3 is 1. The van der Waals surface area contributed by atoms with Crippen molar-refractivity contribution in [1.29, 1.82) is 0 Å². The van der Waals surface area contributed by atoms with Crippen LogP contribution in [0, 0.1) is 6.92 Å². The molecule has 0 radical (unpaired) electrons. The lowest BCUT2D eigenvalue weighted by Gasteiger charge is -2.35. The first kappa shape index (κ1) is 20.8. The number of rotatable bonds is 4. The highest BCUT2D eigenvalue weighted by molar-refractivity contribution is 5.93. The van der Waals surface area contributed by atoms with E-state index in [0.29, 0.717) is 24.5 Å². The third-order valence-electron chi connectivity index (χ3n) is 5.07. The van der Waals surface area contributed by atoms with Crippen molar-refractivity contribution in [1.82, 2.24) is 34.8 Å². The molecule has 1 saturated heterocycles. The number of amides is 1. The maximum atomic E-state index is 13.3. The number of hydrogen-bond acceptors (Lipinski definition) is 6. The molecule has 1 aliphatic rings. The standard InChI is InChI=1S/C19H23N7O2.ClH/c1-13-17(22-23-26(13)14-4-6-15(28-3)7-5-14)19(27)25-11-8-20-12-16(25)18-21-9-10-24(18)2;/h4-7,9-10,16,20H,8,11-12H2,1-3H3;1H. The number of aryl methyl sites for hydroxylation is 1. The Morgan fingerprint density at radius 3 is 2.69 bits per heavy atom. The number of hydrogen-bond donors (Lipinski definition) is 1. The summed E-state index contributed by atoms with van der Waals surface area (Å²) in [7, 11) is 3.56. The molecule has 1 amide bonds. The fourth-order valence-corrected chi connectivity index (χ4v) is 3.51. The van der Waals surface area contributed by atoms with Crippen LogP contribution in [0.4, 0.5) is 0 Å². The molecule has 3 heterocycles. The zero-order valence-electron chi connectivity index (χ0n) is 16.6. The van der Waals surface area contributed by atoms with Gasteiger partial charge in [0.05, 0.1) is 18.5 Å². The lowest BCUT2D eigenvalue weighted by atomic mass is 10.1. The van der Waals surface area contributed by atoms with Crippen LogP contribution in [0.3, 0.4) is 0 Å². The third-order valence-corrected chi connectivity index (χ3v) is 5.07. The summed E-state index contributed by atoms with van der Waals surface area (Å²) in [4.78, 5) is 19.6. The van der Waals surface area contributed by atoms with Crippen LogP contribution < -0.4 is 10.1 Å². The van der Waals surface area contributed by atoms with Crippen molar-refractivity contribution in [3.05, 3.63) is 53.9 Å². The molecule has 154 valence electrons. The molecular formula is C19H24ClN7O2. The number of carbonyl (C=O) groups excluding carboxylic acids is 1. The molecule has 10 heteroatoms. The highest BCUT2D eigenvalue weighted by Gasteiger charge is 2.33. The highest BCUT2D eigenvalue weighted by Crippen LogP contribution is 2.24. The fourth-order valence-electron chi connectivity index (χ4n) is 3.51. The van der Waals surface area contributed by atoms with E-state index in [2.05, 4.69) is 20.6 Å². The second kappa shape index (κ2) is 8.62. The number of benzene rings is 1. The Morgan fingerprint density at radius 2 is 2.03 bits per heavy atom. The summed E-state index contributed by atoms with van der Waals surface area (Å²) < 4.78 is 8.81. The van der Waals surface area contributed by atoms with Gasteiger partial charge in [0.25, 0.3) is 5.91 Å². The first-order chi connectivity index (χ1) is 13.6. The van der Waals surface area contributed by atoms with Gasteiger partial charge in [-0.15, -0.1) is 17.5 Å². The van der Waals surface area contributed by atoms with Gasteiger partial charge in [0.2, 0.25) is 0 Å². The van der Waals surface area contributed by atoms with Gasteiger partial charge in [-0.05, 0) is 31.2 Å². The van der Waals surface area contributed by atoms with Crippen LogP contribution in [0.2, 0.25) is 0 Å². The largest absolute Gasteiger partial charge is 0.497 e. The molecule has 0 saturated carbocycles. The smallest absolute Gasteiger partial charge is 0.277 e. The predicted molar refractivity (Wildman–Crippen MR) is 110 cm³/mol. The second-order valence-electron chi connectivity index (χ2n) is 6.75. The average Bonchev–Trinajstić information content (AvgIpc) is 3.33. The maximum absolute atomic E-state index is 13.3. The summed E-state index contributed by atoms with van der Waals surface area (Å²) >= 11 is 0. The van der Waals surface area contributed by atoms with Gasteiger partial charge in [-0.2, -0.15) is 0 Å². The summed E-state index contributed by atoms with van der Waals surface area (Å²) in [5, 5.41) is 11.7. The van der Waals surface area contributed by atoms with Gasteiger partial charge in [0.1, 0.15) is 17.6 Å². The van der Waals surface area contributed by atoms with Gasteiger partial charge >= 0.3 is 0 Å². The van der Waals surface area contributed by atoms with Gasteiger partial charge in [-0.1, -0.05) is 5.21 Å². The SMILES string of the molecule is COc1ccc(-n2nnc(C(=O)N3CCNCC3c3nccn3C)c2C)cc1.Cl. The molecule has 29 heavy (non-hydrogen) atoms. The Bertz CT molecular complexity index is 983. The summed E-state index contributed by atoms with van der Waals surface area (Å²) in [6.45, 7) is 3.83. The van der Waals surface area contributed by atoms with Crippen LogP contribution in [0.25, 0.3) is 5.69 Å². The average molecular weight is 418 g/mol. The van der Waals surface area contributed by atoms with Crippen molar-refractivity contribution in [2.45, 2.75) is 13.0 Å². The number of halogens is 1. The number of nitrogens with zero attached hydrogens (tertiary/aromatic N) is 6. The van der Waals surface area contributed by atoms with Crippen molar-refractivity contribution >= 4 is 18.3 Å². The summed E-state index contributed by atoms with van der Waals surface area (Å²) in [6.07, 6.45) is 3.63. The van der Waals surface area contributed by atoms with Crippen molar-refractivity contribution in [3.8, 4) is 11.4 Å². The molecule has 9 nitrogen and oxygen atoms in total. The number of nitrogens with one attached hydrogen (secondary N) is 1. The van der Waals surface area contributed by atoms with E-state index >= 15 is 0 Å². The molecular weight excluding hydrogens is 394 g/mol. The van der Waals surface area contributed by atoms with Crippen molar-refractivity contribution in [2.75, 3.05) is 26.7 Å². The minimum Gasteiger partial charge on any atom is -0.497 e. The number of imidazole rings is 1. The van der Waals surface area contributed by atoms with E-state index in [9.17, 15) is 4.79 Å². The van der Waals surface area contributed by atoms with Crippen LogP contribution in [0.1, 0.15) is 28.0 Å². The van der Waals surface area contributed by atoms with Gasteiger partial charge in [0, 0.05) is 39.1 Å². The monoisotopic (exact) mass is 417 g/mol. The lowest BCUT2D eigenvalue weighted by Crippen LogP contribution is -2.49. The first-order valence-electron chi connectivity index (χ1n) is 9.15. The Labute approximate surface area is 175 Å². The zero-order valence-corrected chi connectivity index (χ0v) is 17.4. The van der Waals surface area contributed by atoms with Gasteiger partial charge in [-0.25, -0.2) is 9.67 Å². The van der Waals surface area contributed by atoms with E-state index in [-0.39, 0.29) is 24.4 Å². The summed E-state index contributed by atoms with van der Waals surface area (Å²) in [5.41, 5.74) is 1.88. The van der Waals surface area contributed by atoms with Gasteiger partial charge in [0.15, 0.2) is 5.69 Å². The molecule has 1 unspecified atom stereocenters. The molecule has 0 aliphatic carbocycles. The molecule has 1 aromatic carbocycles. The molecule has 0 spiro atoms. The summed E-state index contributed by atoms with van der Waals surface area (Å²) in [5.74, 6) is 1.48. The fraction of sp³-hybridized carbons (Fsp3) is 0.368. The zero-order chi connectivity index (χ0) is 19.7. The number of piperazine rings is 1. The van der Waals surface area contributed by atoms with E-state index in [1.165, 1.54) is 0 Å². The molecule has 1 fully saturated rings. The van der Waals surface area contributed by atoms with Gasteiger partial charge in [-0.3, -0.25) is 4.79 Å². The molecule has 2 aromatic heterocycles. The number of ether oxygens (including phenoxy) is 1. The number of aromatic nitrogens is 5. The normalized spacial score (nSPS) is 16.4. The molecule has 1 N–H and O–H groups in total. The van der Waals surface area contributed by atoms with Crippen molar-refractivity contribution in [3.63, 3.8) is 0 Å². The topological polar surface area (TPSA) is 90.1 Å². The predicted octanol–water partition coefficient (Wildman–Crippen LogP) is 1.53. The molecule has 1 aliphatic heterocycles. The van der Waals surface area contributed by atoms with E-state index in [0.717, 1.165) is 23.8 Å². The van der Waals surface area contributed by atoms with Crippen LogP contribution in [-0.2, 0) is 7.05 Å². The highest BCUT2D eigenvalue weighted by atomic mass is 35.5. The van der Waals surface area contributed by atoms with Crippen LogP contribution in [0.15, 0.2) is 36.7 Å². The second-order valence-corrected chi connectivity index (χ2v) is 6.75. The minimum absolute atomic E-state index is 0. The molecule has 0 bridgehead atoms. The Hall–Kier alpha value is -2.91. The number of carbonyl (C=O) groups is 1. The van der Waals surface area contributed by atoms with E-state index < -0.39 is 0 Å². The lowest BCUT2D eigenvalue weighted by molar-refractivity contribution is 0.0614. The first-order valence-corrected chi connectivity index (χ1v) is 9.15. The third kappa shape index (κ3) is 3.83. The Kier molecular flexibility index (Phi) is 6.19. The molecule has 1 atom stereocenters. The minimum atomic E-state index is -0.146. The Morgan fingerprint density at radius 1 is 1.28 bits per heavy atom. The van der Waals surface area contributed by atoms with Crippen LogP contribution in [-0.4, -0.2) is 62.1 Å². The van der Waals surface area contributed by atoms with E-state index in [4.69, 9.17) is 4.74 Å².